The highest BCUT2D eigenvalue weighted by Gasteiger charge is 2.31. The second-order valence-electron chi connectivity index (χ2n) is 7.37. The molecule has 1 aliphatic carbocycles. The number of piperazine rings is 1. The maximum Gasteiger partial charge on any atom is 0.263 e. The fourth-order valence-corrected chi connectivity index (χ4v) is 5.06. The Morgan fingerprint density at radius 1 is 1.24 bits per heavy atom. The summed E-state index contributed by atoms with van der Waals surface area (Å²) < 4.78 is 0. The Morgan fingerprint density at radius 3 is 2.60 bits per heavy atom. The molecule has 3 rings (SSSR count). The van der Waals surface area contributed by atoms with Crippen molar-refractivity contribution in [2.24, 2.45) is 5.92 Å². The fraction of sp³-hybridized carbons (Fsp3) is 0.684. The van der Waals surface area contributed by atoms with E-state index < -0.39 is 0 Å². The van der Waals surface area contributed by atoms with Crippen molar-refractivity contribution in [2.45, 2.75) is 32.6 Å². The maximum absolute atomic E-state index is 12.9. The van der Waals surface area contributed by atoms with E-state index in [1.807, 2.05) is 6.07 Å². The molecule has 0 aromatic carbocycles. The van der Waals surface area contributed by atoms with Crippen molar-refractivity contribution < 1.29 is 9.59 Å². The summed E-state index contributed by atoms with van der Waals surface area (Å²) in [6.45, 7) is 7.04. The first-order valence-corrected chi connectivity index (χ1v) is 10.2. The summed E-state index contributed by atoms with van der Waals surface area (Å²) in [7, 11) is 3.57. The Hall–Kier alpha value is -1.40. The van der Waals surface area contributed by atoms with Crippen LogP contribution in [0.15, 0.2) is 6.07 Å². The number of carbonyl (C=O) groups excluding carboxylic acids is 2. The lowest BCUT2D eigenvalue weighted by Gasteiger charge is -2.37. The molecule has 1 saturated heterocycles. The summed E-state index contributed by atoms with van der Waals surface area (Å²) >= 11 is 1.60. The highest BCUT2D eigenvalue weighted by molar-refractivity contribution is 7.14. The van der Waals surface area contributed by atoms with E-state index >= 15 is 0 Å². The molecule has 6 heteroatoms. The molecule has 1 unspecified atom stereocenters. The number of amides is 2. The van der Waals surface area contributed by atoms with E-state index in [0.717, 1.165) is 56.9 Å². The molecule has 1 aromatic rings. The van der Waals surface area contributed by atoms with Crippen LogP contribution >= 0.6 is 11.3 Å². The summed E-state index contributed by atoms with van der Waals surface area (Å²) in [4.78, 5) is 33.3. The third-order valence-corrected chi connectivity index (χ3v) is 6.50. The third kappa shape index (κ3) is 4.06. The van der Waals surface area contributed by atoms with E-state index in [1.54, 1.807) is 30.3 Å². The highest BCUT2D eigenvalue weighted by atomic mass is 32.1. The molecule has 0 radical (unpaired) electrons. The van der Waals surface area contributed by atoms with Crippen LogP contribution in [0, 0.1) is 5.92 Å². The van der Waals surface area contributed by atoms with Crippen LogP contribution in [0.25, 0.3) is 0 Å². The van der Waals surface area contributed by atoms with Crippen molar-refractivity contribution in [1.82, 2.24) is 14.7 Å². The maximum atomic E-state index is 12.9. The molecular weight excluding hydrogens is 334 g/mol. The lowest BCUT2D eigenvalue weighted by Crippen LogP contribution is -2.50. The Morgan fingerprint density at radius 2 is 1.96 bits per heavy atom. The number of carbonyl (C=O) groups is 2. The number of hydrogen-bond donors (Lipinski definition) is 0. The van der Waals surface area contributed by atoms with E-state index in [-0.39, 0.29) is 11.8 Å². The van der Waals surface area contributed by atoms with Crippen LogP contribution in [0.5, 0.6) is 0 Å². The van der Waals surface area contributed by atoms with E-state index in [9.17, 15) is 9.59 Å². The predicted octanol–water partition coefficient (Wildman–Crippen LogP) is 2.11. The minimum atomic E-state index is 0.0642. The van der Waals surface area contributed by atoms with Gasteiger partial charge in [-0.25, -0.2) is 0 Å². The second kappa shape index (κ2) is 7.87. The summed E-state index contributed by atoms with van der Waals surface area (Å²) in [6.07, 6.45) is 3.80. The van der Waals surface area contributed by atoms with Crippen molar-refractivity contribution in [2.75, 3.05) is 46.8 Å². The standard InChI is InChI=1S/C19H29N3O2S/c1-4-7-21-8-10-22(11-9-21)18(23)14-5-6-16-15(12-14)13-17(25-16)19(24)20(2)3/h13-14H,4-12H2,1-3H3. The fourth-order valence-electron chi connectivity index (χ4n) is 3.83. The van der Waals surface area contributed by atoms with Crippen LogP contribution < -0.4 is 0 Å². The molecular formula is C19H29N3O2S. The Balaban J connectivity index is 1.61. The number of rotatable bonds is 4. The smallest absolute Gasteiger partial charge is 0.263 e. The lowest BCUT2D eigenvalue weighted by molar-refractivity contribution is -0.137. The van der Waals surface area contributed by atoms with Gasteiger partial charge in [-0.1, -0.05) is 6.92 Å². The molecule has 0 N–H and O–H groups in total. The van der Waals surface area contributed by atoms with Crippen LogP contribution in [-0.4, -0.2) is 73.3 Å². The van der Waals surface area contributed by atoms with Crippen molar-refractivity contribution in [3.63, 3.8) is 0 Å². The van der Waals surface area contributed by atoms with Gasteiger partial charge in [-0.15, -0.1) is 11.3 Å². The van der Waals surface area contributed by atoms with Gasteiger partial charge >= 0.3 is 0 Å². The molecule has 1 fully saturated rings. The SMILES string of the molecule is CCCN1CCN(C(=O)C2CCc3sc(C(=O)N(C)C)cc3C2)CC1. The second-order valence-corrected chi connectivity index (χ2v) is 8.50. The predicted molar refractivity (Wildman–Crippen MR) is 101 cm³/mol. The average Bonchev–Trinajstić information content (AvgIpc) is 3.04. The van der Waals surface area contributed by atoms with Gasteiger partial charge in [-0.2, -0.15) is 0 Å². The van der Waals surface area contributed by atoms with Gasteiger partial charge in [0.05, 0.1) is 4.88 Å². The molecule has 1 aromatic heterocycles. The largest absolute Gasteiger partial charge is 0.344 e. The van der Waals surface area contributed by atoms with Gasteiger partial charge in [-0.3, -0.25) is 14.5 Å². The van der Waals surface area contributed by atoms with Gasteiger partial charge < -0.3 is 9.80 Å². The van der Waals surface area contributed by atoms with Crippen LogP contribution in [0.3, 0.4) is 0 Å². The van der Waals surface area contributed by atoms with Crippen LogP contribution in [0.2, 0.25) is 0 Å². The first kappa shape index (κ1) is 18.4. The summed E-state index contributed by atoms with van der Waals surface area (Å²) in [5.74, 6) is 0.463. The Bertz CT molecular complexity index is 633. The zero-order valence-electron chi connectivity index (χ0n) is 15.6. The minimum absolute atomic E-state index is 0.0642. The van der Waals surface area contributed by atoms with E-state index in [1.165, 1.54) is 16.9 Å². The molecule has 2 aliphatic rings. The normalized spacial score (nSPS) is 21.1. The molecule has 0 saturated carbocycles. The monoisotopic (exact) mass is 363 g/mol. The van der Waals surface area contributed by atoms with Crippen molar-refractivity contribution in [3.05, 3.63) is 21.4 Å². The molecule has 138 valence electrons. The van der Waals surface area contributed by atoms with E-state index in [0.29, 0.717) is 5.91 Å². The molecule has 2 amide bonds. The molecule has 25 heavy (non-hydrogen) atoms. The first-order chi connectivity index (χ1) is 12.0. The topological polar surface area (TPSA) is 43.9 Å². The lowest BCUT2D eigenvalue weighted by atomic mass is 9.87. The van der Waals surface area contributed by atoms with E-state index in [4.69, 9.17) is 0 Å². The Kier molecular flexibility index (Phi) is 5.79. The van der Waals surface area contributed by atoms with Crippen LogP contribution in [-0.2, 0) is 17.6 Å². The Labute approximate surface area is 154 Å². The van der Waals surface area contributed by atoms with Crippen LogP contribution in [0.4, 0.5) is 0 Å². The zero-order valence-corrected chi connectivity index (χ0v) is 16.4. The van der Waals surface area contributed by atoms with E-state index in [2.05, 4.69) is 16.7 Å². The first-order valence-electron chi connectivity index (χ1n) is 9.34. The summed E-state index contributed by atoms with van der Waals surface area (Å²) in [5.41, 5.74) is 1.21. The van der Waals surface area contributed by atoms with Gasteiger partial charge in [0.15, 0.2) is 0 Å². The van der Waals surface area contributed by atoms with Gasteiger partial charge in [0.25, 0.3) is 5.91 Å². The van der Waals surface area contributed by atoms with Gasteiger partial charge in [0, 0.05) is 51.1 Å². The summed E-state index contributed by atoms with van der Waals surface area (Å²) in [5, 5.41) is 0. The summed E-state index contributed by atoms with van der Waals surface area (Å²) in [6, 6.07) is 2.01. The van der Waals surface area contributed by atoms with Gasteiger partial charge in [-0.05, 0) is 43.9 Å². The molecule has 2 heterocycles. The number of aryl methyl sites for hydroxylation is 1. The molecule has 0 bridgehead atoms. The number of fused-ring (bicyclic) bond motifs is 1. The third-order valence-electron chi connectivity index (χ3n) is 5.27. The van der Waals surface area contributed by atoms with Gasteiger partial charge in [0.2, 0.25) is 5.91 Å². The quantitative estimate of drug-likeness (QED) is 0.823. The van der Waals surface area contributed by atoms with Crippen molar-refractivity contribution in [3.8, 4) is 0 Å². The highest BCUT2D eigenvalue weighted by Crippen LogP contribution is 2.33. The van der Waals surface area contributed by atoms with Crippen molar-refractivity contribution >= 4 is 23.2 Å². The average molecular weight is 364 g/mol. The number of nitrogens with zero attached hydrogens (tertiary/aromatic N) is 3. The molecule has 1 aliphatic heterocycles. The van der Waals surface area contributed by atoms with Crippen molar-refractivity contribution in [1.29, 1.82) is 0 Å². The number of thiophene rings is 1. The van der Waals surface area contributed by atoms with Gasteiger partial charge in [0.1, 0.15) is 0 Å². The molecule has 5 nitrogen and oxygen atoms in total. The molecule has 0 spiro atoms. The molecule has 1 atom stereocenters. The van der Waals surface area contributed by atoms with Crippen LogP contribution in [0.1, 0.15) is 39.9 Å². The zero-order chi connectivity index (χ0) is 18.0. The minimum Gasteiger partial charge on any atom is -0.344 e. The number of hydrogen-bond acceptors (Lipinski definition) is 4.